The van der Waals surface area contributed by atoms with Gasteiger partial charge in [-0.3, -0.25) is 9.59 Å². The third kappa shape index (κ3) is 1.91. The van der Waals surface area contributed by atoms with Crippen molar-refractivity contribution < 1.29 is 19.1 Å². The Morgan fingerprint density at radius 1 is 1.41 bits per heavy atom. The van der Waals surface area contributed by atoms with Crippen molar-refractivity contribution in [1.29, 1.82) is 0 Å². The van der Waals surface area contributed by atoms with E-state index >= 15 is 0 Å². The van der Waals surface area contributed by atoms with Crippen molar-refractivity contribution in [3.63, 3.8) is 0 Å². The second kappa shape index (κ2) is 4.41. The van der Waals surface area contributed by atoms with Gasteiger partial charge in [-0.25, -0.2) is 4.79 Å². The molecule has 88 valence electrons. The number of ketones is 2. The van der Waals surface area contributed by atoms with E-state index in [0.717, 1.165) is 17.1 Å². The number of halogens is 1. The summed E-state index contributed by atoms with van der Waals surface area (Å²) in [5, 5.41) is 0. The summed E-state index contributed by atoms with van der Waals surface area (Å²) >= 11 is 3.33. The third-order valence-electron chi connectivity index (χ3n) is 2.81. The summed E-state index contributed by atoms with van der Waals surface area (Å²) in [6.45, 7) is 0. The van der Waals surface area contributed by atoms with E-state index in [1.54, 1.807) is 18.2 Å². The van der Waals surface area contributed by atoms with Gasteiger partial charge in [-0.05, 0) is 18.1 Å². The number of carbonyl (C=O) groups is 3. The molecule has 0 radical (unpaired) electrons. The molecule has 0 amide bonds. The van der Waals surface area contributed by atoms with Crippen molar-refractivity contribution in [2.24, 2.45) is 5.92 Å². The van der Waals surface area contributed by atoms with Gasteiger partial charge >= 0.3 is 5.97 Å². The number of fused-ring (bicyclic) bond motifs is 1. The Morgan fingerprint density at radius 3 is 2.71 bits per heavy atom. The van der Waals surface area contributed by atoms with Crippen LogP contribution >= 0.6 is 15.9 Å². The summed E-state index contributed by atoms with van der Waals surface area (Å²) in [6.07, 6.45) is 0.253. The number of ether oxygens (including phenoxy) is 1. The van der Waals surface area contributed by atoms with Crippen LogP contribution in [0.1, 0.15) is 15.9 Å². The van der Waals surface area contributed by atoms with Gasteiger partial charge in [0.15, 0.2) is 5.78 Å². The predicted octanol–water partition coefficient (Wildman–Crippen LogP) is 1.55. The number of carbonyl (C=O) groups excluding carboxylic acids is 3. The van der Waals surface area contributed by atoms with Gasteiger partial charge < -0.3 is 4.74 Å². The van der Waals surface area contributed by atoms with Crippen LogP contribution in [0.4, 0.5) is 0 Å². The molecule has 0 saturated heterocycles. The van der Waals surface area contributed by atoms with Crippen LogP contribution in [-0.4, -0.2) is 24.6 Å². The summed E-state index contributed by atoms with van der Waals surface area (Å²) in [4.78, 5) is 34.8. The molecule has 0 spiro atoms. The molecule has 0 bridgehead atoms. The van der Waals surface area contributed by atoms with Gasteiger partial charge in [0, 0.05) is 10.0 Å². The first-order valence-corrected chi connectivity index (χ1v) is 5.79. The molecular formula is C12H9BrO4. The molecular weight excluding hydrogens is 288 g/mol. The highest BCUT2D eigenvalue weighted by Crippen LogP contribution is 2.32. The number of esters is 1. The maximum atomic E-state index is 12.0. The lowest BCUT2D eigenvalue weighted by Gasteiger charge is -2.03. The number of benzene rings is 1. The molecule has 1 atom stereocenters. The molecule has 1 aromatic rings. The Kier molecular flexibility index (Phi) is 3.11. The van der Waals surface area contributed by atoms with E-state index in [9.17, 15) is 14.4 Å². The fourth-order valence-electron chi connectivity index (χ4n) is 1.94. The zero-order valence-electron chi connectivity index (χ0n) is 9.03. The highest BCUT2D eigenvalue weighted by Gasteiger charge is 2.39. The standard InChI is InChI=1S/C12H9BrO4/c1-17-12(16)11(15)8-5-7-6(10(8)14)3-2-4-9(7)13/h2-4,8H,5H2,1H3. The zero-order valence-corrected chi connectivity index (χ0v) is 10.6. The topological polar surface area (TPSA) is 60.4 Å². The van der Waals surface area contributed by atoms with Crippen molar-refractivity contribution >= 4 is 33.5 Å². The Balaban J connectivity index is 2.35. The quantitative estimate of drug-likeness (QED) is 0.472. The molecule has 0 aromatic heterocycles. The van der Waals surface area contributed by atoms with Crippen LogP contribution in [0.3, 0.4) is 0 Å². The Labute approximate surface area is 106 Å². The van der Waals surface area contributed by atoms with Crippen LogP contribution in [0.15, 0.2) is 22.7 Å². The lowest BCUT2D eigenvalue weighted by atomic mass is 10.00. The maximum Gasteiger partial charge on any atom is 0.375 e. The van der Waals surface area contributed by atoms with E-state index in [2.05, 4.69) is 20.7 Å². The second-order valence-corrected chi connectivity index (χ2v) is 4.60. The molecule has 0 heterocycles. The summed E-state index contributed by atoms with van der Waals surface area (Å²) in [6, 6.07) is 5.19. The van der Waals surface area contributed by atoms with Gasteiger partial charge in [0.05, 0.1) is 13.0 Å². The Hall–Kier alpha value is -1.49. The zero-order chi connectivity index (χ0) is 12.6. The predicted molar refractivity (Wildman–Crippen MR) is 62.7 cm³/mol. The number of methoxy groups -OCH3 is 1. The molecule has 1 unspecified atom stereocenters. The van der Waals surface area contributed by atoms with Gasteiger partial charge in [0.1, 0.15) is 0 Å². The minimum Gasteiger partial charge on any atom is -0.463 e. The number of hydrogen-bond donors (Lipinski definition) is 0. The fraction of sp³-hybridized carbons (Fsp3) is 0.250. The molecule has 17 heavy (non-hydrogen) atoms. The molecule has 0 saturated carbocycles. The molecule has 4 nitrogen and oxygen atoms in total. The van der Waals surface area contributed by atoms with Crippen molar-refractivity contribution in [3.8, 4) is 0 Å². The van der Waals surface area contributed by atoms with Gasteiger partial charge in [-0.2, -0.15) is 0 Å². The van der Waals surface area contributed by atoms with E-state index in [0.29, 0.717) is 5.56 Å². The van der Waals surface area contributed by atoms with Crippen LogP contribution < -0.4 is 0 Å². The fourth-order valence-corrected chi connectivity index (χ4v) is 2.46. The van der Waals surface area contributed by atoms with Crippen LogP contribution in [0.2, 0.25) is 0 Å². The number of Topliss-reactive ketones (excluding diaryl/α,β-unsaturated/α-hetero) is 2. The van der Waals surface area contributed by atoms with Crippen molar-refractivity contribution in [1.82, 2.24) is 0 Å². The van der Waals surface area contributed by atoms with Crippen molar-refractivity contribution in [2.45, 2.75) is 6.42 Å². The molecule has 1 aliphatic carbocycles. The number of hydrogen-bond acceptors (Lipinski definition) is 4. The molecule has 5 heteroatoms. The third-order valence-corrected chi connectivity index (χ3v) is 3.56. The van der Waals surface area contributed by atoms with Gasteiger partial charge in [0.25, 0.3) is 5.78 Å². The van der Waals surface area contributed by atoms with Gasteiger partial charge in [-0.1, -0.05) is 28.1 Å². The highest BCUT2D eigenvalue weighted by atomic mass is 79.9. The Morgan fingerprint density at radius 2 is 2.12 bits per heavy atom. The lowest BCUT2D eigenvalue weighted by molar-refractivity contribution is -0.152. The smallest absolute Gasteiger partial charge is 0.375 e. The largest absolute Gasteiger partial charge is 0.463 e. The lowest BCUT2D eigenvalue weighted by Crippen LogP contribution is -2.28. The first-order valence-electron chi connectivity index (χ1n) is 5.00. The van der Waals surface area contributed by atoms with E-state index in [4.69, 9.17) is 0 Å². The SMILES string of the molecule is COC(=O)C(=O)C1Cc2c(Br)cccc2C1=O. The molecule has 1 aromatic carbocycles. The second-order valence-electron chi connectivity index (χ2n) is 3.74. The summed E-state index contributed by atoms with van der Waals surface area (Å²) in [7, 11) is 1.13. The van der Waals surface area contributed by atoms with Gasteiger partial charge in [0.2, 0.25) is 0 Å². The summed E-state index contributed by atoms with van der Waals surface area (Å²) < 4.78 is 5.13. The minimum absolute atomic E-state index is 0.253. The molecule has 0 aliphatic heterocycles. The average molecular weight is 297 g/mol. The van der Waals surface area contributed by atoms with Crippen molar-refractivity contribution in [2.75, 3.05) is 7.11 Å². The maximum absolute atomic E-state index is 12.0. The van der Waals surface area contributed by atoms with Crippen LogP contribution in [-0.2, 0) is 20.7 Å². The molecule has 2 rings (SSSR count). The molecule has 1 aliphatic rings. The van der Waals surface area contributed by atoms with Gasteiger partial charge in [-0.15, -0.1) is 0 Å². The first kappa shape index (κ1) is 12.0. The van der Waals surface area contributed by atoms with E-state index < -0.39 is 17.7 Å². The Bertz CT molecular complexity index is 521. The van der Waals surface area contributed by atoms with Crippen LogP contribution in [0, 0.1) is 5.92 Å². The van der Waals surface area contributed by atoms with Crippen LogP contribution in [0.25, 0.3) is 0 Å². The van der Waals surface area contributed by atoms with E-state index in [-0.39, 0.29) is 12.2 Å². The monoisotopic (exact) mass is 296 g/mol. The minimum atomic E-state index is -0.965. The number of rotatable bonds is 2. The normalized spacial score (nSPS) is 17.8. The summed E-state index contributed by atoms with van der Waals surface area (Å²) in [5.74, 6) is -2.99. The molecule has 0 N–H and O–H groups in total. The van der Waals surface area contributed by atoms with Crippen LogP contribution in [0.5, 0.6) is 0 Å². The first-order chi connectivity index (χ1) is 8.06. The van der Waals surface area contributed by atoms with Crippen molar-refractivity contribution in [3.05, 3.63) is 33.8 Å². The molecule has 0 fully saturated rings. The summed E-state index contributed by atoms with van der Waals surface area (Å²) in [5.41, 5.74) is 1.28. The highest BCUT2D eigenvalue weighted by molar-refractivity contribution is 9.10. The van der Waals surface area contributed by atoms with E-state index in [1.807, 2.05) is 0 Å². The van der Waals surface area contributed by atoms with E-state index in [1.165, 1.54) is 0 Å². The average Bonchev–Trinajstić information content (AvgIpc) is 2.67.